The van der Waals surface area contributed by atoms with Crippen LogP contribution < -0.4 is 16.4 Å². The van der Waals surface area contributed by atoms with Gasteiger partial charge in [-0.05, 0) is 42.8 Å². The highest BCUT2D eigenvalue weighted by molar-refractivity contribution is 5.78. The van der Waals surface area contributed by atoms with E-state index >= 15 is 0 Å². The number of rotatable bonds is 5. The molecule has 4 N–H and O–H groups in total. The third-order valence-corrected chi connectivity index (χ3v) is 4.27. The van der Waals surface area contributed by atoms with Crippen LogP contribution in [0.15, 0.2) is 64.5 Å². The second-order valence-corrected chi connectivity index (χ2v) is 6.83. The fraction of sp³-hybridized carbons (Fsp3) is 0.0909. The van der Waals surface area contributed by atoms with Crippen molar-refractivity contribution in [2.45, 2.75) is 13.1 Å². The highest BCUT2D eigenvalue weighted by Gasteiger charge is 2.38. The number of hydrogen-bond donors (Lipinski definition) is 4. The molecule has 2 aromatic carbocycles. The van der Waals surface area contributed by atoms with Gasteiger partial charge in [0.05, 0.1) is 5.52 Å². The number of alkyl halides is 3. The zero-order valence-electron chi connectivity index (χ0n) is 17.6. The van der Waals surface area contributed by atoms with Crippen LogP contribution >= 0.6 is 0 Å². The van der Waals surface area contributed by atoms with Crippen LogP contribution in [0.4, 0.5) is 36.3 Å². The summed E-state index contributed by atoms with van der Waals surface area (Å²) in [6.45, 7) is 5.70. The van der Waals surface area contributed by atoms with Crippen LogP contribution in [0.25, 0.3) is 17.2 Å². The summed E-state index contributed by atoms with van der Waals surface area (Å²) in [7, 11) is 0. The van der Waals surface area contributed by atoms with Crippen LogP contribution in [0.2, 0.25) is 0 Å². The number of H-pyrrole nitrogens is 1. The fourth-order valence-electron chi connectivity index (χ4n) is 2.67. The zero-order valence-corrected chi connectivity index (χ0v) is 17.6. The van der Waals surface area contributed by atoms with Gasteiger partial charge in [-0.3, -0.25) is 4.98 Å². The predicted molar refractivity (Wildman–Crippen MR) is 120 cm³/mol. The molecule has 0 spiro atoms. The molecule has 4 aromatic rings. The molecule has 2 heterocycles. The van der Waals surface area contributed by atoms with Gasteiger partial charge >= 0.3 is 17.9 Å². The number of fused-ring (bicyclic) bond motifs is 1. The van der Waals surface area contributed by atoms with Crippen LogP contribution in [0.3, 0.4) is 0 Å². The summed E-state index contributed by atoms with van der Waals surface area (Å²) >= 11 is 0. The molecule has 34 heavy (non-hydrogen) atoms. The number of anilines is 4. The van der Waals surface area contributed by atoms with Gasteiger partial charge in [0.1, 0.15) is 5.82 Å². The number of carbonyl (C=O) groups is 1. The Bertz CT molecular complexity index is 1400. The Kier molecular flexibility index (Phi) is 7.00. The van der Waals surface area contributed by atoms with Crippen molar-refractivity contribution in [1.29, 1.82) is 0 Å². The van der Waals surface area contributed by atoms with Gasteiger partial charge in [0.2, 0.25) is 5.95 Å². The summed E-state index contributed by atoms with van der Waals surface area (Å²) in [4.78, 5) is 31.7. The molecule has 0 amide bonds. The Morgan fingerprint density at radius 2 is 1.88 bits per heavy atom. The number of nitrogens with one attached hydrogen (secondary N) is 3. The normalized spacial score (nSPS) is 10.8. The summed E-state index contributed by atoms with van der Waals surface area (Å²) in [6, 6.07) is 13.2. The van der Waals surface area contributed by atoms with E-state index in [0.29, 0.717) is 22.9 Å². The van der Waals surface area contributed by atoms with Crippen molar-refractivity contribution in [3.8, 4) is 0 Å². The molecule has 2 aromatic heterocycles. The number of benzene rings is 2. The first-order valence-corrected chi connectivity index (χ1v) is 9.58. The van der Waals surface area contributed by atoms with Gasteiger partial charge in [0.25, 0.3) is 0 Å². The molecule has 0 atom stereocenters. The van der Waals surface area contributed by atoms with Gasteiger partial charge in [0.15, 0.2) is 5.58 Å². The van der Waals surface area contributed by atoms with Gasteiger partial charge in [0, 0.05) is 23.1 Å². The van der Waals surface area contributed by atoms with Crippen molar-refractivity contribution in [2.75, 3.05) is 10.6 Å². The molecule has 0 fully saturated rings. The summed E-state index contributed by atoms with van der Waals surface area (Å²) in [6.07, 6.45) is -1.56. The van der Waals surface area contributed by atoms with E-state index < -0.39 is 17.9 Å². The molecular formula is C22H18F3N5O4. The first-order chi connectivity index (χ1) is 16.0. The predicted octanol–water partition coefficient (Wildman–Crippen LogP) is 4.98. The van der Waals surface area contributed by atoms with Crippen molar-refractivity contribution >= 4 is 46.3 Å². The molecule has 0 saturated carbocycles. The third kappa shape index (κ3) is 6.22. The largest absolute Gasteiger partial charge is 0.490 e. The average Bonchev–Trinajstić information content (AvgIpc) is 3.15. The van der Waals surface area contributed by atoms with Gasteiger partial charge < -0.3 is 20.2 Å². The van der Waals surface area contributed by atoms with Gasteiger partial charge in [-0.15, -0.1) is 0 Å². The number of halogens is 3. The van der Waals surface area contributed by atoms with E-state index in [2.05, 4.69) is 32.2 Å². The van der Waals surface area contributed by atoms with E-state index in [-0.39, 0.29) is 0 Å². The number of hydrogen-bond acceptors (Lipinski definition) is 7. The molecule has 176 valence electrons. The minimum atomic E-state index is -5.08. The third-order valence-electron chi connectivity index (χ3n) is 4.27. The minimum Gasteiger partial charge on any atom is -0.475 e. The van der Waals surface area contributed by atoms with Crippen molar-refractivity contribution in [1.82, 2.24) is 15.0 Å². The average molecular weight is 473 g/mol. The number of aromatic amines is 1. The number of aromatic nitrogens is 3. The van der Waals surface area contributed by atoms with Gasteiger partial charge in [-0.2, -0.15) is 18.2 Å². The van der Waals surface area contributed by atoms with Crippen molar-refractivity contribution < 1.29 is 27.5 Å². The summed E-state index contributed by atoms with van der Waals surface area (Å²) in [5, 5.41) is 13.6. The second-order valence-electron chi connectivity index (χ2n) is 6.83. The standard InChI is InChI=1S/C20H17N5O2.C2HF3O2/c1-3-13-5-4-6-14(9-13)23-19-21-11-12(2)18(25-19)22-15-7-8-17-16(10-15)24-20(26)27-17;3-2(4,5)1(6)7/h3-11H,1H2,2H3,(H,24,26)(H2,21,22,23,25);(H,6,7). The quantitative estimate of drug-likeness (QED) is 0.319. The lowest BCUT2D eigenvalue weighted by atomic mass is 10.2. The smallest absolute Gasteiger partial charge is 0.475 e. The molecular weight excluding hydrogens is 455 g/mol. The molecule has 0 radical (unpaired) electrons. The lowest BCUT2D eigenvalue weighted by Crippen LogP contribution is -2.21. The Morgan fingerprint density at radius 1 is 1.18 bits per heavy atom. The SMILES string of the molecule is C=Cc1cccc(Nc2ncc(C)c(Nc3ccc4oc(=O)[nH]c4c3)n2)c1.O=C(O)C(F)(F)F. The lowest BCUT2D eigenvalue weighted by Gasteiger charge is -2.11. The molecule has 0 aliphatic heterocycles. The Morgan fingerprint density at radius 3 is 2.56 bits per heavy atom. The number of aryl methyl sites for hydroxylation is 1. The maximum Gasteiger partial charge on any atom is 0.490 e. The number of carboxylic acids is 1. The van der Waals surface area contributed by atoms with E-state index in [1.54, 1.807) is 24.4 Å². The highest BCUT2D eigenvalue weighted by Crippen LogP contribution is 2.23. The van der Waals surface area contributed by atoms with Crippen molar-refractivity contribution in [3.05, 3.63) is 76.9 Å². The Labute approximate surface area is 190 Å². The van der Waals surface area contributed by atoms with E-state index in [1.807, 2.05) is 37.3 Å². The number of aliphatic carboxylic acids is 1. The maximum absolute atomic E-state index is 11.3. The fourth-order valence-corrected chi connectivity index (χ4v) is 2.67. The number of nitrogens with zero attached hydrogens (tertiary/aromatic N) is 2. The Balaban J connectivity index is 0.000000406. The number of oxazole rings is 1. The molecule has 9 nitrogen and oxygen atoms in total. The molecule has 0 bridgehead atoms. The molecule has 0 aliphatic rings. The zero-order chi connectivity index (χ0) is 24.9. The van der Waals surface area contributed by atoms with Crippen LogP contribution in [0.5, 0.6) is 0 Å². The first kappa shape index (κ1) is 24.0. The van der Waals surface area contributed by atoms with Gasteiger partial charge in [-0.1, -0.05) is 24.8 Å². The van der Waals surface area contributed by atoms with Crippen LogP contribution in [-0.2, 0) is 4.79 Å². The minimum absolute atomic E-state index is 0.474. The van der Waals surface area contributed by atoms with E-state index in [4.69, 9.17) is 14.3 Å². The summed E-state index contributed by atoms with van der Waals surface area (Å²) < 4.78 is 36.8. The highest BCUT2D eigenvalue weighted by atomic mass is 19.4. The van der Waals surface area contributed by atoms with Crippen molar-refractivity contribution in [2.24, 2.45) is 0 Å². The molecule has 12 heteroatoms. The van der Waals surface area contributed by atoms with E-state index in [1.165, 1.54) is 0 Å². The molecule has 0 unspecified atom stereocenters. The molecule has 4 rings (SSSR count). The molecule has 0 aliphatic carbocycles. The van der Waals surface area contributed by atoms with Crippen LogP contribution in [0, 0.1) is 6.92 Å². The van der Waals surface area contributed by atoms with E-state index in [0.717, 1.165) is 22.5 Å². The number of carboxylic acid groups (broad SMARTS) is 1. The van der Waals surface area contributed by atoms with Crippen LogP contribution in [0.1, 0.15) is 11.1 Å². The second kappa shape index (κ2) is 9.90. The van der Waals surface area contributed by atoms with Crippen LogP contribution in [-0.4, -0.2) is 32.2 Å². The summed E-state index contributed by atoms with van der Waals surface area (Å²) in [5.41, 5.74) is 4.68. The monoisotopic (exact) mass is 473 g/mol. The first-order valence-electron chi connectivity index (χ1n) is 9.58. The topological polar surface area (TPSA) is 133 Å². The van der Waals surface area contributed by atoms with Gasteiger partial charge in [-0.25, -0.2) is 14.6 Å². The Hall–Kier alpha value is -4.61. The summed E-state index contributed by atoms with van der Waals surface area (Å²) in [5.74, 6) is -2.10. The van der Waals surface area contributed by atoms with Crippen molar-refractivity contribution in [3.63, 3.8) is 0 Å². The maximum atomic E-state index is 11.3. The lowest BCUT2D eigenvalue weighted by molar-refractivity contribution is -0.192. The van der Waals surface area contributed by atoms with E-state index in [9.17, 15) is 18.0 Å². The molecule has 0 saturated heterocycles.